The summed E-state index contributed by atoms with van der Waals surface area (Å²) in [7, 11) is 0. The predicted octanol–water partition coefficient (Wildman–Crippen LogP) is 4.37. The van der Waals surface area contributed by atoms with Gasteiger partial charge < -0.3 is 16.4 Å². The van der Waals surface area contributed by atoms with Crippen molar-refractivity contribution >= 4 is 46.7 Å². The fourth-order valence-electron chi connectivity index (χ4n) is 1.61. The normalized spacial score (nSPS) is 10.6. The summed E-state index contributed by atoms with van der Waals surface area (Å²) >= 11 is 12.0. The molecule has 0 aliphatic rings. The van der Waals surface area contributed by atoms with Crippen LogP contribution in [0.25, 0.3) is 6.08 Å². The largest absolute Gasteiger partial charge is 0.399 e. The molecule has 4 N–H and O–H groups in total. The highest BCUT2D eigenvalue weighted by Gasteiger charge is 2.04. The number of rotatable bonds is 3. The molecule has 0 radical (unpaired) electrons. The van der Waals surface area contributed by atoms with Crippen molar-refractivity contribution in [2.24, 2.45) is 0 Å². The fraction of sp³-hybridized carbons (Fsp3) is 0. The first-order valence-corrected chi connectivity index (χ1v) is 6.85. The first-order chi connectivity index (χ1) is 10.1. The number of anilines is 2. The number of hydrogen-bond donors (Lipinski definition) is 3. The van der Waals surface area contributed by atoms with Gasteiger partial charge in [-0.15, -0.1) is 0 Å². The zero-order chi connectivity index (χ0) is 15.2. The van der Waals surface area contributed by atoms with Crippen LogP contribution in [-0.2, 0) is 0 Å². The number of halogens is 2. The third-order valence-corrected chi connectivity index (χ3v) is 3.28. The Bertz CT molecular complexity index is 686. The van der Waals surface area contributed by atoms with Gasteiger partial charge in [0.25, 0.3) is 0 Å². The van der Waals surface area contributed by atoms with Crippen LogP contribution in [-0.4, -0.2) is 6.03 Å². The van der Waals surface area contributed by atoms with Crippen molar-refractivity contribution < 1.29 is 4.79 Å². The van der Waals surface area contributed by atoms with E-state index in [-0.39, 0.29) is 0 Å². The van der Waals surface area contributed by atoms with Crippen LogP contribution < -0.4 is 16.4 Å². The van der Waals surface area contributed by atoms with Gasteiger partial charge >= 0.3 is 6.03 Å². The van der Waals surface area contributed by atoms with Crippen LogP contribution in [0, 0.1) is 0 Å². The molecule has 6 heteroatoms. The molecule has 2 amide bonds. The molecule has 2 rings (SSSR count). The average molecular weight is 322 g/mol. The van der Waals surface area contributed by atoms with Gasteiger partial charge in [-0.2, -0.15) is 0 Å². The summed E-state index contributed by atoms with van der Waals surface area (Å²) in [5.74, 6) is 0. The highest BCUT2D eigenvalue weighted by molar-refractivity contribution is 6.34. The number of nitrogens with one attached hydrogen (secondary N) is 2. The minimum absolute atomic E-state index is 0.375. The predicted molar refractivity (Wildman–Crippen MR) is 88.5 cm³/mol. The molecule has 2 aromatic rings. The molecule has 2 aromatic carbocycles. The second-order valence-corrected chi connectivity index (χ2v) is 5.01. The first-order valence-electron chi connectivity index (χ1n) is 6.10. The Kier molecular flexibility index (Phi) is 5.09. The van der Waals surface area contributed by atoms with Crippen molar-refractivity contribution in [2.75, 3.05) is 11.1 Å². The topological polar surface area (TPSA) is 67.1 Å². The second kappa shape index (κ2) is 7.02. The van der Waals surface area contributed by atoms with Gasteiger partial charge in [0.15, 0.2) is 0 Å². The Labute approximate surface area is 132 Å². The first kappa shape index (κ1) is 15.2. The Morgan fingerprint density at radius 1 is 1.10 bits per heavy atom. The van der Waals surface area contributed by atoms with Crippen molar-refractivity contribution in [2.45, 2.75) is 0 Å². The quantitative estimate of drug-likeness (QED) is 0.735. The highest BCUT2D eigenvalue weighted by atomic mass is 35.5. The van der Waals surface area contributed by atoms with E-state index in [1.54, 1.807) is 30.3 Å². The van der Waals surface area contributed by atoms with Crippen LogP contribution in [0.15, 0.2) is 48.7 Å². The third-order valence-electron chi connectivity index (χ3n) is 2.62. The molecule has 0 aliphatic carbocycles. The number of urea groups is 1. The summed E-state index contributed by atoms with van der Waals surface area (Å²) < 4.78 is 0. The van der Waals surface area contributed by atoms with Crippen molar-refractivity contribution in [3.8, 4) is 0 Å². The van der Waals surface area contributed by atoms with E-state index in [0.717, 1.165) is 5.56 Å². The van der Waals surface area contributed by atoms with Crippen LogP contribution in [0.2, 0.25) is 10.0 Å². The Hall–Kier alpha value is -2.17. The molecule has 0 atom stereocenters. The SMILES string of the molecule is Nc1ccc(NC(=O)N/C=C/c2ccccc2Cl)c(Cl)c1. The lowest BCUT2D eigenvalue weighted by molar-refractivity contribution is 0.255. The zero-order valence-electron chi connectivity index (χ0n) is 10.9. The maximum absolute atomic E-state index is 11.7. The van der Waals surface area contributed by atoms with Gasteiger partial charge in [0.2, 0.25) is 0 Å². The zero-order valence-corrected chi connectivity index (χ0v) is 12.4. The van der Waals surface area contributed by atoms with Crippen molar-refractivity contribution in [3.63, 3.8) is 0 Å². The molecule has 0 saturated heterocycles. The van der Waals surface area contributed by atoms with E-state index in [1.165, 1.54) is 6.20 Å². The molecule has 0 fully saturated rings. The number of benzene rings is 2. The molecule has 0 aromatic heterocycles. The molecule has 0 saturated carbocycles. The van der Waals surface area contributed by atoms with Gasteiger partial charge in [0.05, 0.1) is 10.7 Å². The number of nitrogen functional groups attached to an aromatic ring is 1. The van der Waals surface area contributed by atoms with E-state index in [4.69, 9.17) is 28.9 Å². The lowest BCUT2D eigenvalue weighted by atomic mass is 10.2. The Morgan fingerprint density at radius 2 is 1.86 bits per heavy atom. The summed E-state index contributed by atoms with van der Waals surface area (Å²) in [6.07, 6.45) is 3.20. The van der Waals surface area contributed by atoms with Crippen LogP contribution in [0.5, 0.6) is 0 Å². The van der Waals surface area contributed by atoms with Crippen molar-refractivity contribution in [3.05, 3.63) is 64.3 Å². The number of amides is 2. The van der Waals surface area contributed by atoms with E-state index in [0.29, 0.717) is 21.4 Å². The number of hydrogen-bond acceptors (Lipinski definition) is 2. The Balaban J connectivity index is 1.95. The smallest absolute Gasteiger partial charge is 0.323 e. The molecule has 4 nitrogen and oxygen atoms in total. The molecule has 108 valence electrons. The maximum Gasteiger partial charge on any atom is 0.323 e. The van der Waals surface area contributed by atoms with E-state index in [1.807, 2.05) is 18.2 Å². The lowest BCUT2D eigenvalue weighted by Crippen LogP contribution is -2.23. The summed E-state index contributed by atoms with van der Waals surface area (Å²) in [5.41, 5.74) is 7.40. The number of carbonyl (C=O) groups is 1. The van der Waals surface area contributed by atoms with Crippen LogP contribution in [0.4, 0.5) is 16.2 Å². The van der Waals surface area contributed by atoms with Gasteiger partial charge in [-0.25, -0.2) is 4.79 Å². The lowest BCUT2D eigenvalue weighted by Gasteiger charge is -2.07. The molecule has 0 bridgehead atoms. The van der Waals surface area contributed by atoms with Gasteiger partial charge in [0.1, 0.15) is 0 Å². The molecule has 0 heterocycles. The number of nitrogens with two attached hydrogens (primary N) is 1. The van der Waals surface area contributed by atoms with Crippen LogP contribution in [0.3, 0.4) is 0 Å². The second-order valence-electron chi connectivity index (χ2n) is 4.19. The summed E-state index contributed by atoms with van der Waals surface area (Å²) in [5, 5.41) is 6.17. The van der Waals surface area contributed by atoms with E-state index in [9.17, 15) is 4.79 Å². The van der Waals surface area contributed by atoms with Crippen LogP contribution in [0.1, 0.15) is 5.56 Å². The van der Waals surface area contributed by atoms with E-state index in [2.05, 4.69) is 10.6 Å². The highest BCUT2D eigenvalue weighted by Crippen LogP contribution is 2.23. The molecule has 21 heavy (non-hydrogen) atoms. The average Bonchev–Trinajstić information content (AvgIpc) is 2.44. The van der Waals surface area contributed by atoms with Gasteiger partial charge in [-0.05, 0) is 35.9 Å². The van der Waals surface area contributed by atoms with Crippen molar-refractivity contribution in [1.82, 2.24) is 5.32 Å². The third kappa shape index (κ3) is 4.41. The molecule has 0 aliphatic heterocycles. The monoisotopic (exact) mass is 321 g/mol. The van der Waals surface area contributed by atoms with Gasteiger partial charge in [-0.3, -0.25) is 0 Å². The molecule has 0 unspecified atom stereocenters. The van der Waals surface area contributed by atoms with E-state index < -0.39 is 6.03 Å². The minimum atomic E-state index is -0.412. The standard InChI is InChI=1S/C15H13Cl2N3O/c16-12-4-2-1-3-10(12)7-8-19-15(21)20-14-6-5-11(18)9-13(14)17/h1-9H,18H2,(H2,19,20,21)/b8-7+. The van der Waals surface area contributed by atoms with Gasteiger partial charge in [0, 0.05) is 16.9 Å². The number of carbonyl (C=O) groups excluding carboxylic acids is 1. The van der Waals surface area contributed by atoms with Gasteiger partial charge in [-0.1, -0.05) is 41.4 Å². The summed E-state index contributed by atoms with van der Waals surface area (Å²) in [6.45, 7) is 0. The van der Waals surface area contributed by atoms with Crippen molar-refractivity contribution in [1.29, 1.82) is 0 Å². The fourth-order valence-corrected chi connectivity index (χ4v) is 2.04. The Morgan fingerprint density at radius 3 is 2.57 bits per heavy atom. The maximum atomic E-state index is 11.7. The summed E-state index contributed by atoms with van der Waals surface area (Å²) in [6, 6.07) is 11.8. The summed E-state index contributed by atoms with van der Waals surface area (Å²) in [4.78, 5) is 11.7. The molecule has 0 spiro atoms. The van der Waals surface area contributed by atoms with Crippen LogP contribution >= 0.6 is 23.2 Å². The molecular formula is C15H13Cl2N3O. The minimum Gasteiger partial charge on any atom is -0.399 e. The van der Waals surface area contributed by atoms with E-state index >= 15 is 0 Å². The molecular weight excluding hydrogens is 309 g/mol.